The first-order chi connectivity index (χ1) is 9.76. The minimum atomic E-state index is 0.453. The van der Waals surface area contributed by atoms with Crippen LogP contribution in [0.5, 0.6) is 0 Å². The Hall–Kier alpha value is -2.35. The summed E-state index contributed by atoms with van der Waals surface area (Å²) in [7, 11) is 0. The molecule has 3 aromatic rings. The third-order valence-electron chi connectivity index (χ3n) is 2.54. The summed E-state index contributed by atoms with van der Waals surface area (Å²) in [5, 5.41) is 7.16. The van der Waals surface area contributed by atoms with Crippen LogP contribution >= 0.6 is 11.3 Å². The molecule has 0 radical (unpaired) electrons. The topological polar surface area (TPSA) is 81.4 Å². The van der Waals surface area contributed by atoms with E-state index in [9.17, 15) is 0 Å². The molecule has 20 heavy (non-hydrogen) atoms. The van der Waals surface area contributed by atoms with E-state index in [0.29, 0.717) is 17.7 Å². The van der Waals surface area contributed by atoms with Crippen LogP contribution in [-0.4, -0.2) is 36.3 Å². The number of rotatable bonds is 4. The predicted molar refractivity (Wildman–Crippen MR) is 77.0 cm³/mol. The lowest BCUT2D eigenvalue weighted by atomic mass is 10.4. The van der Waals surface area contributed by atoms with E-state index < -0.39 is 0 Å². The highest BCUT2D eigenvalue weighted by molar-refractivity contribution is 7.15. The summed E-state index contributed by atoms with van der Waals surface area (Å²) in [5.41, 5.74) is 0. The maximum Gasteiger partial charge on any atom is 0.257 e. The molecule has 0 fully saturated rings. The molecule has 0 saturated carbocycles. The Morgan fingerprint density at radius 3 is 2.80 bits per heavy atom. The molecule has 0 aliphatic rings. The Bertz CT molecular complexity index is 704. The Labute approximate surface area is 119 Å². The van der Waals surface area contributed by atoms with E-state index in [1.807, 2.05) is 19.1 Å². The largest absolute Gasteiger partial charge is 0.354 e. The summed E-state index contributed by atoms with van der Waals surface area (Å²) in [6, 6.07) is 4.06. The van der Waals surface area contributed by atoms with Crippen LogP contribution in [0, 0.1) is 6.92 Å². The van der Waals surface area contributed by atoms with Crippen LogP contribution in [0.15, 0.2) is 24.8 Å². The van der Waals surface area contributed by atoms with Crippen molar-refractivity contribution in [3.63, 3.8) is 0 Å². The molecule has 7 nitrogen and oxygen atoms in total. The Kier molecular flexibility index (Phi) is 3.38. The lowest BCUT2D eigenvalue weighted by Gasteiger charge is -2.06. The summed E-state index contributed by atoms with van der Waals surface area (Å²) in [5.74, 6) is 1.63. The average molecular weight is 287 g/mol. The van der Waals surface area contributed by atoms with Gasteiger partial charge in [-0.05, 0) is 26.0 Å². The standard InChI is InChI=1S/C12H13N7S/c1-3-14-11-16-10(9-5-4-8(2)20-9)17-12(18-11)19-7-13-6-15-19/h4-7H,3H2,1-2H3,(H,14,16,17,18). The second kappa shape index (κ2) is 5.33. The number of nitrogens with zero attached hydrogens (tertiary/aromatic N) is 6. The molecule has 0 unspecified atom stereocenters. The van der Waals surface area contributed by atoms with Crippen LogP contribution in [0.4, 0.5) is 5.95 Å². The maximum absolute atomic E-state index is 4.45. The molecule has 0 spiro atoms. The van der Waals surface area contributed by atoms with Crippen molar-refractivity contribution in [3.05, 3.63) is 29.7 Å². The molecule has 0 aromatic carbocycles. The van der Waals surface area contributed by atoms with Gasteiger partial charge in [0.15, 0.2) is 5.82 Å². The highest BCUT2D eigenvalue weighted by Gasteiger charge is 2.11. The molecule has 3 heterocycles. The zero-order chi connectivity index (χ0) is 13.9. The highest BCUT2D eigenvalue weighted by atomic mass is 32.1. The molecule has 102 valence electrons. The molecule has 0 amide bonds. The molecular formula is C12H13N7S. The molecule has 0 atom stereocenters. The van der Waals surface area contributed by atoms with Crippen molar-refractivity contribution in [2.45, 2.75) is 13.8 Å². The zero-order valence-corrected chi connectivity index (χ0v) is 11.9. The van der Waals surface area contributed by atoms with Crippen molar-refractivity contribution in [2.75, 3.05) is 11.9 Å². The number of anilines is 1. The van der Waals surface area contributed by atoms with Crippen molar-refractivity contribution < 1.29 is 0 Å². The van der Waals surface area contributed by atoms with Gasteiger partial charge in [0.2, 0.25) is 5.95 Å². The van der Waals surface area contributed by atoms with Gasteiger partial charge in [0.05, 0.1) is 4.88 Å². The average Bonchev–Trinajstić information content (AvgIpc) is 3.09. The van der Waals surface area contributed by atoms with Crippen molar-refractivity contribution in [2.24, 2.45) is 0 Å². The molecular weight excluding hydrogens is 274 g/mol. The quantitative estimate of drug-likeness (QED) is 0.789. The molecule has 0 aliphatic heterocycles. The van der Waals surface area contributed by atoms with Crippen LogP contribution in [0.2, 0.25) is 0 Å². The lowest BCUT2D eigenvalue weighted by Crippen LogP contribution is -2.09. The van der Waals surface area contributed by atoms with Crippen molar-refractivity contribution in [1.29, 1.82) is 0 Å². The smallest absolute Gasteiger partial charge is 0.257 e. The Balaban J connectivity index is 2.09. The third kappa shape index (κ3) is 2.50. The van der Waals surface area contributed by atoms with Crippen LogP contribution in [0.1, 0.15) is 11.8 Å². The minimum Gasteiger partial charge on any atom is -0.354 e. The number of hydrogen-bond donors (Lipinski definition) is 1. The summed E-state index contributed by atoms with van der Waals surface area (Å²) < 4.78 is 1.52. The molecule has 0 aliphatic carbocycles. The first-order valence-corrected chi connectivity index (χ1v) is 6.99. The molecule has 3 rings (SSSR count). The molecule has 0 saturated heterocycles. The highest BCUT2D eigenvalue weighted by Crippen LogP contribution is 2.25. The summed E-state index contributed by atoms with van der Waals surface area (Å²) in [6.45, 7) is 4.79. The van der Waals surface area contributed by atoms with E-state index in [4.69, 9.17) is 0 Å². The number of thiophene rings is 1. The van der Waals surface area contributed by atoms with Gasteiger partial charge in [-0.2, -0.15) is 24.7 Å². The molecule has 3 aromatic heterocycles. The van der Waals surface area contributed by atoms with Gasteiger partial charge in [0.1, 0.15) is 12.7 Å². The lowest BCUT2D eigenvalue weighted by molar-refractivity contribution is 0.797. The van der Waals surface area contributed by atoms with Crippen molar-refractivity contribution in [1.82, 2.24) is 29.7 Å². The summed E-state index contributed by atoms with van der Waals surface area (Å²) >= 11 is 1.65. The molecule has 0 bridgehead atoms. The van der Waals surface area contributed by atoms with E-state index in [2.05, 4.69) is 37.3 Å². The summed E-state index contributed by atoms with van der Waals surface area (Å²) in [6.07, 6.45) is 3.01. The number of aryl methyl sites for hydroxylation is 1. The van der Waals surface area contributed by atoms with Crippen molar-refractivity contribution in [3.8, 4) is 16.6 Å². The first kappa shape index (κ1) is 12.7. The van der Waals surface area contributed by atoms with E-state index in [1.165, 1.54) is 15.9 Å². The second-order valence-corrected chi connectivity index (χ2v) is 5.35. The van der Waals surface area contributed by atoms with Crippen LogP contribution in [0.25, 0.3) is 16.6 Å². The van der Waals surface area contributed by atoms with Crippen LogP contribution in [-0.2, 0) is 0 Å². The fraction of sp³-hybridized carbons (Fsp3) is 0.250. The summed E-state index contributed by atoms with van der Waals surface area (Å²) in [4.78, 5) is 19.3. The van der Waals surface area contributed by atoms with Crippen LogP contribution < -0.4 is 5.32 Å². The van der Waals surface area contributed by atoms with E-state index >= 15 is 0 Å². The predicted octanol–water partition coefficient (Wildman–Crippen LogP) is 1.92. The Morgan fingerprint density at radius 1 is 1.25 bits per heavy atom. The van der Waals surface area contributed by atoms with Crippen LogP contribution in [0.3, 0.4) is 0 Å². The van der Waals surface area contributed by atoms with E-state index in [0.717, 1.165) is 11.4 Å². The minimum absolute atomic E-state index is 0.453. The van der Waals surface area contributed by atoms with Gasteiger partial charge in [-0.15, -0.1) is 11.3 Å². The van der Waals surface area contributed by atoms with Gasteiger partial charge in [-0.1, -0.05) is 0 Å². The second-order valence-electron chi connectivity index (χ2n) is 4.06. The van der Waals surface area contributed by atoms with Gasteiger partial charge < -0.3 is 5.32 Å². The van der Waals surface area contributed by atoms with Gasteiger partial charge in [0.25, 0.3) is 5.95 Å². The van der Waals surface area contributed by atoms with Gasteiger partial charge in [-0.3, -0.25) is 0 Å². The zero-order valence-electron chi connectivity index (χ0n) is 11.1. The normalized spacial score (nSPS) is 10.7. The van der Waals surface area contributed by atoms with E-state index in [1.54, 1.807) is 17.7 Å². The fourth-order valence-corrected chi connectivity index (χ4v) is 2.48. The SMILES string of the molecule is CCNc1nc(-c2ccc(C)s2)nc(-n2cncn2)n1. The number of aromatic nitrogens is 6. The fourth-order valence-electron chi connectivity index (χ4n) is 1.68. The third-order valence-corrected chi connectivity index (χ3v) is 3.54. The number of nitrogens with one attached hydrogen (secondary N) is 1. The van der Waals surface area contributed by atoms with E-state index in [-0.39, 0.29) is 0 Å². The van der Waals surface area contributed by atoms with Crippen molar-refractivity contribution >= 4 is 17.3 Å². The molecule has 1 N–H and O–H groups in total. The van der Waals surface area contributed by atoms with Gasteiger partial charge >= 0.3 is 0 Å². The molecule has 8 heteroatoms. The number of hydrogen-bond acceptors (Lipinski definition) is 7. The monoisotopic (exact) mass is 287 g/mol. The maximum atomic E-state index is 4.45. The Morgan fingerprint density at radius 2 is 2.15 bits per heavy atom. The first-order valence-electron chi connectivity index (χ1n) is 6.18. The van der Waals surface area contributed by atoms with Gasteiger partial charge in [-0.25, -0.2) is 4.98 Å². The van der Waals surface area contributed by atoms with Gasteiger partial charge in [0, 0.05) is 11.4 Å².